The summed E-state index contributed by atoms with van der Waals surface area (Å²) in [6, 6.07) is 13.4. The molecule has 8 heteroatoms. The average molecular weight is 422 g/mol. The van der Waals surface area contributed by atoms with Gasteiger partial charge in [-0.3, -0.25) is 4.79 Å². The standard InChI is InChI=1S/C23H26N4O4/c1-29-18-9-10-20(30-2)19(15-18)24-21(28)11-12-22-25-23(26-31-22)16-5-7-17(8-6-16)27-13-3-4-14-27/h5-10,15H,3-4,11-14H2,1-2H3,(H,24,28). The number of carbonyl (C=O) groups excluding carboxylic acids is 1. The summed E-state index contributed by atoms with van der Waals surface area (Å²) < 4.78 is 15.8. The van der Waals surface area contributed by atoms with Crippen LogP contribution >= 0.6 is 0 Å². The Labute approximate surface area is 181 Å². The first-order valence-electron chi connectivity index (χ1n) is 10.4. The molecule has 1 aromatic heterocycles. The van der Waals surface area contributed by atoms with Gasteiger partial charge >= 0.3 is 0 Å². The van der Waals surface area contributed by atoms with E-state index >= 15 is 0 Å². The normalized spacial score (nSPS) is 13.3. The highest BCUT2D eigenvalue weighted by Crippen LogP contribution is 2.29. The zero-order valence-electron chi connectivity index (χ0n) is 17.8. The molecule has 8 nitrogen and oxygen atoms in total. The van der Waals surface area contributed by atoms with E-state index in [0.717, 1.165) is 18.7 Å². The number of anilines is 2. The molecule has 0 saturated carbocycles. The van der Waals surface area contributed by atoms with Crippen molar-refractivity contribution in [3.8, 4) is 22.9 Å². The molecule has 0 bridgehead atoms. The Balaban J connectivity index is 1.34. The van der Waals surface area contributed by atoms with Crippen LogP contribution in [0.15, 0.2) is 47.0 Å². The molecule has 1 amide bonds. The lowest BCUT2D eigenvalue weighted by Gasteiger charge is -2.17. The number of rotatable bonds is 8. The summed E-state index contributed by atoms with van der Waals surface area (Å²) in [5.74, 6) is 1.96. The fourth-order valence-electron chi connectivity index (χ4n) is 3.62. The molecule has 3 aromatic rings. The molecule has 2 heterocycles. The molecule has 0 aliphatic carbocycles. The Morgan fingerprint density at radius 2 is 1.87 bits per heavy atom. The van der Waals surface area contributed by atoms with Gasteiger partial charge in [-0.1, -0.05) is 5.16 Å². The maximum absolute atomic E-state index is 12.4. The van der Waals surface area contributed by atoms with Gasteiger partial charge < -0.3 is 24.2 Å². The number of nitrogens with one attached hydrogen (secondary N) is 1. The molecular weight excluding hydrogens is 396 g/mol. The molecule has 0 atom stereocenters. The van der Waals surface area contributed by atoms with Crippen LogP contribution in [0.2, 0.25) is 0 Å². The summed E-state index contributed by atoms with van der Waals surface area (Å²) in [6.07, 6.45) is 3.04. The van der Waals surface area contributed by atoms with Crippen LogP contribution in [0.4, 0.5) is 11.4 Å². The second-order valence-corrected chi connectivity index (χ2v) is 7.37. The van der Waals surface area contributed by atoms with Crippen LogP contribution in [0.25, 0.3) is 11.4 Å². The third-order valence-electron chi connectivity index (χ3n) is 5.31. The van der Waals surface area contributed by atoms with Crippen molar-refractivity contribution in [3.63, 3.8) is 0 Å². The number of methoxy groups -OCH3 is 2. The Kier molecular flexibility index (Phi) is 6.35. The minimum atomic E-state index is -0.179. The molecule has 1 aliphatic heterocycles. The van der Waals surface area contributed by atoms with Crippen LogP contribution < -0.4 is 19.7 Å². The molecule has 1 aliphatic rings. The van der Waals surface area contributed by atoms with Crippen molar-refractivity contribution in [2.75, 3.05) is 37.5 Å². The molecule has 1 fully saturated rings. The number of hydrogen-bond donors (Lipinski definition) is 1. The van der Waals surface area contributed by atoms with E-state index in [1.54, 1.807) is 32.4 Å². The Hall–Kier alpha value is -3.55. The third-order valence-corrected chi connectivity index (χ3v) is 5.31. The van der Waals surface area contributed by atoms with E-state index in [2.05, 4.69) is 32.5 Å². The van der Waals surface area contributed by atoms with E-state index in [-0.39, 0.29) is 12.3 Å². The first kappa shape index (κ1) is 20.7. The maximum Gasteiger partial charge on any atom is 0.227 e. The number of aromatic nitrogens is 2. The van der Waals surface area contributed by atoms with Crippen LogP contribution in [0.3, 0.4) is 0 Å². The fourth-order valence-corrected chi connectivity index (χ4v) is 3.62. The van der Waals surface area contributed by atoms with Crippen LogP contribution in [0, 0.1) is 0 Å². The predicted octanol–water partition coefficient (Wildman–Crippen LogP) is 3.93. The maximum atomic E-state index is 12.4. The summed E-state index contributed by atoms with van der Waals surface area (Å²) >= 11 is 0. The van der Waals surface area contributed by atoms with Gasteiger partial charge in [0.05, 0.1) is 19.9 Å². The molecular formula is C23H26N4O4. The SMILES string of the molecule is COc1ccc(OC)c(NC(=O)CCc2nc(-c3ccc(N4CCCC4)cc3)no2)c1. The van der Waals surface area contributed by atoms with Gasteiger partial charge in [-0.2, -0.15) is 4.98 Å². The summed E-state index contributed by atoms with van der Waals surface area (Å²) in [5.41, 5.74) is 2.66. The molecule has 0 radical (unpaired) electrons. The number of nitrogens with zero attached hydrogens (tertiary/aromatic N) is 3. The first-order chi connectivity index (χ1) is 15.2. The highest BCUT2D eigenvalue weighted by molar-refractivity contribution is 5.92. The highest BCUT2D eigenvalue weighted by atomic mass is 16.5. The molecule has 162 valence electrons. The van der Waals surface area contributed by atoms with Gasteiger partial charge in [0, 0.05) is 43.2 Å². The number of aryl methyl sites for hydroxylation is 1. The number of ether oxygens (including phenoxy) is 2. The Morgan fingerprint density at radius 1 is 1.10 bits per heavy atom. The van der Waals surface area contributed by atoms with Gasteiger partial charge in [0.2, 0.25) is 17.6 Å². The first-order valence-corrected chi connectivity index (χ1v) is 10.4. The van der Waals surface area contributed by atoms with Crippen LogP contribution in [-0.4, -0.2) is 43.4 Å². The Bertz CT molecular complexity index is 1030. The predicted molar refractivity (Wildman–Crippen MR) is 118 cm³/mol. The fraction of sp³-hybridized carbons (Fsp3) is 0.348. The van der Waals surface area contributed by atoms with Gasteiger partial charge in [0.15, 0.2) is 0 Å². The second kappa shape index (κ2) is 9.51. The van der Waals surface area contributed by atoms with E-state index < -0.39 is 0 Å². The van der Waals surface area contributed by atoms with Gasteiger partial charge in [0.1, 0.15) is 11.5 Å². The van der Waals surface area contributed by atoms with E-state index in [1.165, 1.54) is 18.5 Å². The van der Waals surface area contributed by atoms with Crippen molar-refractivity contribution >= 4 is 17.3 Å². The highest BCUT2D eigenvalue weighted by Gasteiger charge is 2.15. The number of amides is 1. The van der Waals surface area contributed by atoms with Gasteiger partial charge in [-0.05, 0) is 49.2 Å². The van der Waals surface area contributed by atoms with Crippen molar-refractivity contribution in [3.05, 3.63) is 48.4 Å². The number of hydrogen-bond acceptors (Lipinski definition) is 7. The molecule has 0 spiro atoms. The minimum absolute atomic E-state index is 0.179. The zero-order valence-corrected chi connectivity index (χ0v) is 17.8. The molecule has 1 saturated heterocycles. The lowest BCUT2D eigenvalue weighted by molar-refractivity contribution is -0.116. The van der Waals surface area contributed by atoms with Gasteiger partial charge in [-0.25, -0.2) is 0 Å². The topological polar surface area (TPSA) is 89.7 Å². The quantitative estimate of drug-likeness (QED) is 0.588. The van der Waals surface area contributed by atoms with Crippen molar-refractivity contribution in [1.82, 2.24) is 10.1 Å². The molecule has 2 aromatic carbocycles. The smallest absolute Gasteiger partial charge is 0.227 e. The zero-order chi connectivity index (χ0) is 21.6. The monoisotopic (exact) mass is 422 g/mol. The molecule has 1 N–H and O–H groups in total. The van der Waals surface area contributed by atoms with Crippen molar-refractivity contribution < 1.29 is 18.8 Å². The number of benzene rings is 2. The van der Waals surface area contributed by atoms with E-state index in [4.69, 9.17) is 14.0 Å². The molecule has 31 heavy (non-hydrogen) atoms. The minimum Gasteiger partial charge on any atom is -0.497 e. The lowest BCUT2D eigenvalue weighted by atomic mass is 10.2. The van der Waals surface area contributed by atoms with Crippen LogP contribution in [-0.2, 0) is 11.2 Å². The summed E-state index contributed by atoms with van der Waals surface area (Å²) in [5, 5.41) is 6.90. The van der Waals surface area contributed by atoms with Crippen LogP contribution in [0.5, 0.6) is 11.5 Å². The van der Waals surface area contributed by atoms with E-state index in [9.17, 15) is 4.79 Å². The Morgan fingerprint density at radius 3 is 2.58 bits per heavy atom. The van der Waals surface area contributed by atoms with Crippen molar-refractivity contribution in [2.45, 2.75) is 25.7 Å². The molecule has 0 unspecified atom stereocenters. The molecule has 4 rings (SSSR count). The van der Waals surface area contributed by atoms with E-state index in [1.807, 2.05) is 12.1 Å². The number of carbonyl (C=O) groups is 1. The van der Waals surface area contributed by atoms with Crippen molar-refractivity contribution in [1.29, 1.82) is 0 Å². The summed E-state index contributed by atoms with van der Waals surface area (Å²) in [7, 11) is 3.12. The van der Waals surface area contributed by atoms with Crippen molar-refractivity contribution in [2.24, 2.45) is 0 Å². The second-order valence-electron chi connectivity index (χ2n) is 7.37. The van der Waals surface area contributed by atoms with Gasteiger partial charge in [0.25, 0.3) is 0 Å². The van der Waals surface area contributed by atoms with Crippen LogP contribution in [0.1, 0.15) is 25.2 Å². The third kappa shape index (κ3) is 4.96. The van der Waals surface area contributed by atoms with Gasteiger partial charge in [-0.15, -0.1) is 0 Å². The summed E-state index contributed by atoms with van der Waals surface area (Å²) in [4.78, 5) is 19.2. The van der Waals surface area contributed by atoms with E-state index in [0.29, 0.717) is 35.3 Å². The summed E-state index contributed by atoms with van der Waals surface area (Å²) in [6.45, 7) is 2.21. The average Bonchev–Trinajstić information content (AvgIpc) is 3.50. The largest absolute Gasteiger partial charge is 0.497 e. The lowest BCUT2D eigenvalue weighted by Crippen LogP contribution is -2.17.